The average molecular weight is 325 g/mol. The third-order valence-corrected chi connectivity index (χ3v) is 4.48. The molecule has 3 aromatic rings. The maximum Gasteiger partial charge on any atom is 0.159 e. The van der Waals surface area contributed by atoms with Crippen LogP contribution in [0.2, 0.25) is 5.02 Å². The Kier molecular flexibility index (Phi) is 3.93. The fourth-order valence-corrected chi connectivity index (χ4v) is 3.23. The van der Waals surface area contributed by atoms with Gasteiger partial charge in [-0.25, -0.2) is 9.97 Å². The van der Waals surface area contributed by atoms with Gasteiger partial charge in [0.25, 0.3) is 0 Å². The number of halogens is 1. The zero-order valence-electron chi connectivity index (χ0n) is 12.7. The summed E-state index contributed by atoms with van der Waals surface area (Å²) in [5.74, 6) is 0. The molecule has 0 aromatic carbocycles. The molecule has 0 spiro atoms. The molecule has 0 saturated carbocycles. The van der Waals surface area contributed by atoms with Crippen LogP contribution in [0.25, 0.3) is 11.0 Å². The lowest BCUT2D eigenvalue weighted by Crippen LogP contribution is -2.32. The summed E-state index contributed by atoms with van der Waals surface area (Å²) >= 11 is 6.04. The Balaban J connectivity index is 1.52. The van der Waals surface area contributed by atoms with Crippen molar-refractivity contribution < 1.29 is 0 Å². The molecule has 116 valence electrons. The predicted molar refractivity (Wildman–Crippen MR) is 91.5 cm³/mol. The van der Waals surface area contributed by atoms with Crippen LogP contribution in [0.15, 0.2) is 42.7 Å². The van der Waals surface area contributed by atoms with E-state index in [2.05, 4.69) is 27.0 Å². The van der Waals surface area contributed by atoms with Crippen LogP contribution in [0.5, 0.6) is 0 Å². The summed E-state index contributed by atoms with van der Waals surface area (Å²) in [5, 5.41) is 1.67. The van der Waals surface area contributed by atoms with Gasteiger partial charge in [0, 0.05) is 61.6 Å². The second-order valence-electron chi connectivity index (χ2n) is 5.89. The lowest BCUT2D eigenvalue weighted by atomic mass is 10.0. The highest BCUT2D eigenvalue weighted by Crippen LogP contribution is 2.23. The fraction of sp³-hybridized carbons (Fsp3) is 0.278. The van der Waals surface area contributed by atoms with Crippen molar-refractivity contribution in [2.45, 2.75) is 19.4 Å². The number of fused-ring (bicyclic) bond motifs is 2. The molecule has 0 amide bonds. The summed E-state index contributed by atoms with van der Waals surface area (Å²) in [7, 11) is 0. The molecule has 1 aliphatic heterocycles. The van der Waals surface area contributed by atoms with E-state index in [1.54, 1.807) is 6.20 Å². The summed E-state index contributed by atoms with van der Waals surface area (Å²) in [6.07, 6.45) is 5.46. The summed E-state index contributed by atoms with van der Waals surface area (Å²) in [5.41, 5.74) is 4.39. The highest BCUT2D eigenvalue weighted by atomic mass is 35.5. The summed E-state index contributed by atoms with van der Waals surface area (Å²) in [6, 6.07) is 10.2. The Morgan fingerprint density at radius 3 is 3.00 bits per heavy atom. The minimum Gasteiger partial charge on any atom is -0.298 e. The van der Waals surface area contributed by atoms with Crippen LogP contribution in [0.1, 0.15) is 17.0 Å². The summed E-state index contributed by atoms with van der Waals surface area (Å²) < 4.78 is 0. The molecule has 0 aliphatic carbocycles. The highest BCUT2D eigenvalue weighted by molar-refractivity contribution is 6.31. The number of hydrogen-bond donors (Lipinski definition) is 0. The van der Waals surface area contributed by atoms with E-state index in [1.807, 2.05) is 24.4 Å². The van der Waals surface area contributed by atoms with E-state index in [1.165, 1.54) is 11.3 Å². The molecule has 3 aromatic heterocycles. The summed E-state index contributed by atoms with van der Waals surface area (Å²) in [4.78, 5) is 15.9. The van der Waals surface area contributed by atoms with Crippen LogP contribution in [0.3, 0.4) is 0 Å². The summed E-state index contributed by atoms with van der Waals surface area (Å²) in [6.45, 7) is 2.98. The average Bonchev–Trinajstić information content (AvgIpc) is 2.59. The third-order valence-electron chi connectivity index (χ3n) is 4.27. The first kappa shape index (κ1) is 14.5. The van der Waals surface area contributed by atoms with Crippen molar-refractivity contribution in [2.75, 3.05) is 13.1 Å². The molecule has 0 bridgehead atoms. The van der Waals surface area contributed by atoms with Crippen molar-refractivity contribution in [1.82, 2.24) is 19.9 Å². The molecule has 0 N–H and O–H groups in total. The van der Waals surface area contributed by atoms with Crippen LogP contribution < -0.4 is 0 Å². The van der Waals surface area contributed by atoms with Gasteiger partial charge < -0.3 is 0 Å². The maximum absolute atomic E-state index is 6.04. The Morgan fingerprint density at radius 1 is 1.17 bits per heavy atom. The normalized spacial score (nSPS) is 14.8. The van der Waals surface area contributed by atoms with Crippen molar-refractivity contribution >= 4 is 22.6 Å². The van der Waals surface area contributed by atoms with E-state index >= 15 is 0 Å². The quantitative estimate of drug-likeness (QED) is 0.741. The lowest BCUT2D eigenvalue weighted by Gasteiger charge is -2.28. The van der Waals surface area contributed by atoms with Crippen LogP contribution in [0, 0.1) is 0 Å². The predicted octanol–water partition coefficient (Wildman–Crippen LogP) is 3.28. The molecule has 0 fully saturated rings. The van der Waals surface area contributed by atoms with Gasteiger partial charge >= 0.3 is 0 Å². The Hall–Kier alpha value is -2.04. The third kappa shape index (κ3) is 3.19. The molecule has 23 heavy (non-hydrogen) atoms. The topological polar surface area (TPSA) is 41.9 Å². The molecule has 0 atom stereocenters. The van der Waals surface area contributed by atoms with Crippen molar-refractivity contribution in [3.63, 3.8) is 0 Å². The van der Waals surface area contributed by atoms with Gasteiger partial charge in [-0.3, -0.25) is 9.88 Å². The van der Waals surface area contributed by atoms with E-state index in [0.717, 1.165) is 49.2 Å². The highest BCUT2D eigenvalue weighted by Gasteiger charge is 2.18. The second-order valence-corrected chi connectivity index (χ2v) is 6.33. The number of nitrogens with zero attached hydrogens (tertiary/aromatic N) is 4. The van der Waals surface area contributed by atoms with E-state index in [9.17, 15) is 0 Å². The molecule has 0 unspecified atom stereocenters. The van der Waals surface area contributed by atoms with E-state index in [-0.39, 0.29) is 0 Å². The number of aromatic nitrogens is 3. The fourth-order valence-electron chi connectivity index (χ4n) is 3.06. The molecular weight excluding hydrogens is 308 g/mol. The molecule has 5 heteroatoms. The minimum absolute atomic E-state index is 0.655. The largest absolute Gasteiger partial charge is 0.298 e. The minimum atomic E-state index is 0.655. The van der Waals surface area contributed by atoms with Crippen LogP contribution in [-0.4, -0.2) is 32.9 Å². The molecule has 4 nitrogen and oxygen atoms in total. The van der Waals surface area contributed by atoms with Gasteiger partial charge in [-0.2, -0.15) is 0 Å². The SMILES string of the molecule is Clc1cnc2nc3c(cc2c1)CN(CCc1ccccn1)CC3. The molecule has 1 aliphatic rings. The first-order valence-corrected chi connectivity index (χ1v) is 8.22. The van der Waals surface area contributed by atoms with Crippen molar-refractivity contribution in [2.24, 2.45) is 0 Å². The van der Waals surface area contributed by atoms with E-state index < -0.39 is 0 Å². The van der Waals surface area contributed by atoms with Crippen molar-refractivity contribution in [1.29, 1.82) is 0 Å². The number of rotatable bonds is 3. The van der Waals surface area contributed by atoms with Gasteiger partial charge in [0.05, 0.1) is 5.02 Å². The van der Waals surface area contributed by atoms with Gasteiger partial charge in [0.15, 0.2) is 5.65 Å². The van der Waals surface area contributed by atoms with E-state index in [0.29, 0.717) is 5.02 Å². The van der Waals surface area contributed by atoms with Gasteiger partial charge in [-0.1, -0.05) is 17.7 Å². The van der Waals surface area contributed by atoms with E-state index in [4.69, 9.17) is 16.6 Å². The van der Waals surface area contributed by atoms with Crippen LogP contribution in [0.4, 0.5) is 0 Å². The van der Waals surface area contributed by atoms with Gasteiger partial charge in [0.1, 0.15) is 0 Å². The molecule has 4 rings (SSSR count). The first-order chi connectivity index (χ1) is 11.3. The van der Waals surface area contributed by atoms with Gasteiger partial charge in [-0.05, 0) is 29.8 Å². The number of pyridine rings is 3. The molecule has 4 heterocycles. The number of hydrogen-bond acceptors (Lipinski definition) is 4. The second kappa shape index (κ2) is 6.22. The first-order valence-electron chi connectivity index (χ1n) is 7.84. The standard InChI is InChI=1S/C18H17ClN4/c19-15-10-13-9-14-12-23(7-4-16-3-1-2-6-20-16)8-5-17(14)22-18(13)21-11-15/h1-3,6,9-11H,4-5,7-8,12H2. The zero-order valence-corrected chi connectivity index (χ0v) is 13.5. The molecule has 0 saturated heterocycles. The lowest BCUT2D eigenvalue weighted by molar-refractivity contribution is 0.255. The van der Waals surface area contributed by atoms with Crippen LogP contribution >= 0.6 is 11.6 Å². The maximum atomic E-state index is 6.04. The smallest absolute Gasteiger partial charge is 0.159 e. The van der Waals surface area contributed by atoms with Crippen LogP contribution in [-0.2, 0) is 19.4 Å². The van der Waals surface area contributed by atoms with Crippen molar-refractivity contribution in [3.8, 4) is 0 Å². The monoisotopic (exact) mass is 324 g/mol. The van der Waals surface area contributed by atoms with Gasteiger partial charge in [0.2, 0.25) is 0 Å². The van der Waals surface area contributed by atoms with Crippen molar-refractivity contribution in [3.05, 3.63) is 64.7 Å². The van der Waals surface area contributed by atoms with Gasteiger partial charge in [-0.15, -0.1) is 0 Å². The Bertz CT molecular complexity index is 835. The zero-order chi connectivity index (χ0) is 15.6. The Morgan fingerprint density at radius 2 is 2.13 bits per heavy atom. The molecule has 0 radical (unpaired) electrons. The molecular formula is C18H17ClN4. The Labute approximate surface area is 140 Å².